The number of hydrogen-bond donors (Lipinski definition) is 3. The summed E-state index contributed by atoms with van der Waals surface area (Å²) in [5, 5.41) is 28.8. The van der Waals surface area contributed by atoms with E-state index < -0.39 is 24.4 Å². The van der Waals surface area contributed by atoms with Gasteiger partial charge in [-0.3, -0.25) is 0 Å². The highest BCUT2D eigenvalue weighted by Gasteiger charge is 2.39. The van der Waals surface area contributed by atoms with Crippen molar-refractivity contribution in [3.05, 3.63) is 12.3 Å². The maximum atomic E-state index is 9.84. The minimum Gasteiger partial charge on any atom is -0.499 e. The Labute approximate surface area is 140 Å². The zero-order valence-electron chi connectivity index (χ0n) is 14.4. The Bertz CT molecular complexity index is 308. The van der Waals surface area contributed by atoms with Crippen LogP contribution in [0, 0.1) is 0 Å². The summed E-state index contributed by atoms with van der Waals surface area (Å²) in [5.74, 6) is 0. The van der Waals surface area contributed by atoms with Gasteiger partial charge in [0.05, 0.1) is 12.9 Å². The molecule has 0 aromatic carbocycles. The number of aliphatic hydroxyl groups is 3. The topological polar surface area (TPSA) is 79.2 Å². The molecule has 23 heavy (non-hydrogen) atoms. The van der Waals surface area contributed by atoms with E-state index in [0.717, 1.165) is 12.8 Å². The molecule has 0 saturated carbocycles. The summed E-state index contributed by atoms with van der Waals surface area (Å²) in [7, 11) is 0. The van der Waals surface area contributed by atoms with E-state index in [-0.39, 0.29) is 13.2 Å². The molecule has 3 N–H and O–H groups in total. The molecule has 0 amide bonds. The molecule has 1 fully saturated rings. The van der Waals surface area contributed by atoms with Crippen molar-refractivity contribution in [2.24, 2.45) is 0 Å². The zero-order valence-corrected chi connectivity index (χ0v) is 14.4. The lowest BCUT2D eigenvalue weighted by molar-refractivity contribution is -0.0703. The molecule has 5 heteroatoms. The molecule has 0 unspecified atom stereocenters. The molecule has 1 saturated heterocycles. The fourth-order valence-corrected chi connectivity index (χ4v) is 2.75. The Balaban J connectivity index is 1.92. The van der Waals surface area contributed by atoms with Crippen molar-refractivity contribution >= 4 is 0 Å². The van der Waals surface area contributed by atoms with E-state index in [1.807, 2.05) is 6.08 Å². The second kappa shape index (κ2) is 12.8. The Morgan fingerprint density at radius 2 is 1.74 bits per heavy atom. The molecular weight excluding hydrogens is 296 g/mol. The van der Waals surface area contributed by atoms with E-state index in [4.69, 9.17) is 9.47 Å². The van der Waals surface area contributed by atoms with Crippen LogP contribution in [-0.2, 0) is 9.47 Å². The molecule has 136 valence electrons. The van der Waals surface area contributed by atoms with Gasteiger partial charge in [-0.15, -0.1) is 0 Å². The average Bonchev–Trinajstić information content (AvgIpc) is 2.88. The van der Waals surface area contributed by atoms with Crippen LogP contribution in [0.4, 0.5) is 0 Å². The smallest absolute Gasteiger partial charge is 0.117 e. The van der Waals surface area contributed by atoms with Crippen molar-refractivity contribution in [3.63, 3.8) is 0 Å². The van der Waals surface area contributed by atoms with E-state index in [1.54, 1.807) is 6.26 Å². The lowest BCUT2D eigenvalue weighted by atomic mass is 10.1. The summed E-state index contributed by atoms with van der Waals surface area (Å²) < 4.78 is 10.4. The van der Waals surface area contributed by atoms with E-state index in [0.29, 0.717) is 0 Å². The van der Waals surface area contributed by atoms with Crippen molar-refractivity contribution in [2.75, 3.05) is 13.2 Å². The molecule has 0 radical (unpaired) electrons. The summed E-state index contributed by atoms with van der Waals surface area (Å²) >= 11 is 0. The largest absolute Gasteiger partial charge is 0.499 e. The van der Waals surface area contributed by atoms with Gasteiger partial charge >= 0.3 is 0 Å². The molecule has 0 spiro atoms. The summed E-state index contributed by atoms with van der Waals surface area (Å²) in [5.41, 5.74) is 0. The van der Waals surface area contributed by atoms with E-state index in [1.165, 1.54) is 44.9 Å². The van der Waals surface area contributed by atoms with Gasteiger partial charge in [-0.05, 0) is 18.9 Å². The summed E-state index contributed by atoms with van der Waals surface area (Å²) in [4.78, 5) is 0. The lowest BCUT2D eigenvalue weighted by Crippen LogP contribution is -2.40. The van der Waals surface area contributed by atoms with Crippen molar-refractivity contribution < 1.29 is 24.8 Å². The van der Waals surface area contributed by atoms with Crippen molar-refractivity contribution in [1.29, 1.82) is 0 Å². The molecule has 4 atom stereocenters. The van der Waals surface area contributed by atoms with Gasteiger partial charge in [0.2, 0.25) is 0 Å². The van der Waals surface area contributed by atoms with E-state index >= 15 is 0 Å². The number of allylic oxidation sites excluding steroid dienone is 1. The van der Waals surface area contributed by atoms with Crippen molar-refractivity contribution in [2.45, 2.75) is 89.1 Å². The molecule has 1 heterocycles. The van der Waals surface area contributed by atoms with E-state index in [2.05, 4.69) is 6.92 Å². The number of ether oxygens (including phenoxy) is 2. The Morgan fingerprint density at radius 3 is 2.35 bits per heavy atom. The highest BCUT2D eigenvalue weighted by atomic mass is 16.5. The number of unbranched alkanes of at least 4 members (excludes halogenated alkanes) is 8. The third-order valence-electron chi connectivity index (χ3n) is 4.25. The number of aliphatic hydroxyl groups excluding tert-OH is 3. The lowest BCUT2D eigenvalue weighted by Gasteiger charge is -2.20. The van der Waals surface area contributed by atoms with Crippen molar-refractivity contribution in [3.8, 4) is 0 Å². The van der Waals surface area contributed by atoms with Gasteiger partial charge in [0.25, 0.3) is 0 Å². The van der Waals surface area contributed by atoms with Crippen LogP contribution in [0.15, 0.2) is 12.3 Å². The summed E-state index contributed by atoms with van der Waals surface area (Å²) in [6.07, 6.45) is 11.3. The van der Waals surface area contributed by atoms with Crippen LogP contribution >= 0.6 is 0 Å². The van der Waals surface area contributed by atoms with Crippen LogP contribution in [0.2, 0.25) is 0 Å². The molecule has 5 nitrogen and oxygen atoms in total. The zero-order chi connectivity index (χ0) is 16.9. The molecule has 0 aliphatic carbocycles. The van der Waals surface area contributed by atoms with Gasteiger partial charge in [-0.25, -0.2) is 0 Å². The maximum absolute atomic E-state index is 9.84. The fraction of sp³-hybridized carbons (Fsp3) is 0.889. The van der Waals surface area contributed by atoms with Crippen LogP contribution < -0.4 is 0 Å². The molecule has 0 bridgehead atoms. The first kappa shape index (κ1) is 20.4. The molecular formula is C18H34O5. The first-order chi connectivity index (χ1) is 11.2. The highest BCUT2D eigenvalue weighted by molar-refractivity contribution is 4.88. The Hall–Kier alpha value is -0.620. The number of rotatable bonds is 13. The first-order valence-electron chi connectivity index (χ1n) is 9.09. The summed E-state index contributed by atoms with van der Waals surface area (Å²) in [6, 6.07) is 0. The maximum Gasteiger partial charge on any atom is 0.117 e. The van der Waals surface area contributed by atoms with Gasteiger partial charge in [-0.2, -0.15) is 0 Å². The molecule has 0 aromatic heterocycles. The predicted molar refractivity (Wildman–Crippen MR) is 90.1 cm³/mol. The van der Waals surface area contributed by atoms with Crippen LogP contribution in [-0.4, -0.2) is 52.9 Å². The molecule has 1 aliphatic rings. The normalized spacial score (nSPS) is 26.0. The number of hydrogen-bond acceptors (Lipinski definition) is 5. The quantitative estimate of drug-likeness (QED) is 0.357. The molecule has 0 aromatic rings. The van der Waals surface area contributed by atoms with Gasteiger partial charge in [0.1, 0.15) is 31.0 Å². The van der Waals surface area contributed by atoms with E-state index in [9.17, 15) is 15.3 Å². The standard InChI is InChI=1S/C18H34O5/c1-2-3-4-5-6-7-8-9-10-11-12-22-13-16(20)18-17(21)15(19)14-23-18/h11-12,15-21H,2-10,13-14H2,1H3/b12-11+/t15-,16+,17+,18+/m0/s1. The average molecular weight is 330 g/mol. The minimum absolute atomic E-state index is 0.0528. The Kier molecular flexibility index (Phi) is 11.3. The molecule has 1 rings (SSSR count). The highest BCUT2D eigenvalue weighted by Crippen LogP contribution is 2.17. The monoisotopic (exact) mass is 330 g/mol. The second-order valence-corrected chi connectivity index (χ2v) is 6.39. The van der Waals surface area contributed by atoms with Gasteiger partial charge in [0.15, 0.2) is 0 Å². The first-order valence-corrected chi connectivity index (χ1v) is 9.09. The van der Waals surface area contributed by atoms with Gasteiger partial charge < -0.3 is 24.8 Å². The Morgan fingerprint density at radius 1 is 1.09 bits per heavy atom. The predicted octanol–water partition coefficient (Wildman–Crippen LogP) is 2.53. The van der Waals surface area contributed by atoms with Crippen LogP contribution in [0.1, 0.15) is 64.7 Å². The fourth-order valence-electron chi connectivity index (χ4n) is 2.75. The molecule has 1 aliphatic heterocycles. The third kappa shape index (κ3) is 8.70. The van der Waals surface area contributed by atoms with Crippen LogP contribution in [0.25, 0.3) is 0 Å². The van der Waals surface area contributed by atoms with Gasteiger partial charge in [0, 0.05) is 0 Å². The van der Waals surface area contributed by atoms with Gasteiger partial charge in [-0.1, -0.05) is 51.9 Å². The second-order valence-electron chi connectivity index (χ2n) is 6.39. The van der Waals surface area contributed by atoms with Crippen LogP contribution in [0.5, 0.6) is 0 Å². The SMILES string of the molecule is CCCCCCCCCC/C=C/OC[C@@H](O)[C@H]1OC[C@H](O)[C@H]1O. The van der Waals surface area contributed by atoms with Crippen LogP contribution in [0.3, 0.4) is 0 Å². The summed E-state index contributed by atoms with van der Waals surface area (Å²) in [6.45, 7) is 2.35. The minimum atomic E-state index is -1.05. The third-order valence-corrected chi connectivity index (χ3v) is 4.25. The van der Waals surface area contributed by atoms with Crippen molar-refractivity contribution in [1.82, 2.24) is 0 Å².